The minimum Gasteiger partial charge on any atom is -0.495 e. The number of carbonyl (C=O) groups is 1. The monoisotopic (exact) mass is 354 g/mol. The Labute approximate surface area is 155 Å². The number of amides is 1. The van der Waals surface area contributed by atoms with E-state index >= 15 is 0 Å². The van der Waals surface area contributed by atoms with Crippen LogP contribution in [-0.2, 0) is 4.79 Å². The van der Waals surface area contributed by atoms with Crippen molar-refractivity contribution in [3.63, 3.8) is 0 Å². The minimum absolute atomic E-state index is 0.0555. The number of para-hydroxylation sites is 3. The Balaban J connectivity index is 1.61. The first-order chi connectivity index (χ1) is 12.6. The molecule has 1 fully saturated rings. The van der Waals surface area contributed by atoms with Crippen LogP contribution < -0.4 is 19.4 Å². The summed E-state index contributed by atoms with van der Waals surface area (Å²) in [6, 6.07) is 17.9. The number of anilines is 2. The lowest BCUT2D eigenvalue weighted by atomic mass is 10.1. The van der Waals surface area contributed by atoms with Gasteiger partial charge in [-0.1, -0.05) is 30.3 Å². The van der Waals surface area contributed by atoms with Gasteiger partial charge < -0.3 is 19.4 Å². The quantitative estimate of drug-likeness (QED) is 0.883. The average molecular weight is 354 g/mol. The summed E-state index contributed by atoms with van der Waals surface area (Å²) in [5, 5.41) is 0. The number of hydrogen-bond donors (Lipinski definition) is 1. The maximum Gasteiger partial charge on any atom is 0.284 e. The van der Waals surface area contributed by atoms with Crippen LogP contribution in [0.15, 0.2) is 54.6 Å². The summed E-state index contributed by atoms with van der Waals surface area (Å²) in [5.74, 6) is 1.07. The van der Waals surface area contributed by atoms with Crippen LogP contribution in [0.25, 0.3) is 0 Å². The molecule has 1 heterocycles. The highest BCUT2D eigenvalue weighted by atomic mass is 16.5. The Hall–Kier alpha value is -2.53. The van der Waals surface area contributed by atoms with Crippen LogP contribution in [0.3, 0.4) is 0 Å². The molecule has 0 aliphatic carbocycles. The lowest BCUT2D eigenvalue weighted by molar-refractivity contribution is -0.914. The van der Waals surface area contributed by atoms with Gasteiger partial charge in [0.25, 0.3) is 5.91 Å². The summed E-state index contributed by atoms with van der Waals surface area (Å²) >= 11 is 0. The molecular weight excluding hydrogens is 326 g/mol. The molecule has 1 N–H and O–H groups in total. The number of benzene rings is 2. The largest absolute Gasteiger partial charge is 0.495 e. The highest BCUT2D eigenvalue weighted by Gasteiger charge is 2.31. The van der Waals surface area contributed by atoms with Crippen molar-refractivity contribution >= 4 is 17.3 Å². The van der Waals surface area contributed by atoms with Crippen molar-refractivity contribution in [3.8, 4) is 5.75 Å². The molecule has 0 spiro atoms. The molecule has 3 rings (SSSR count). The van der Waals surface area contributed by atoms with Crippen LogP contribution in [0.2, 0.25) is 0 Å². The number of likely N-dealkylation sites (N-methyl/N-ethyl adjacent to an activating group) is 1. The fourth-order valence-electron chi connectivity index (χ4n) is 3.60. The molecule has 26 heavy (non-hydrogen) atoms. The highest BCUT2D eigenvalue weighted by molar-refractivity contribution is 5.95. The molecule has 1 aliphatic rings. The highest BCUT2D eigenvalue weighted by Crippen LogP contribution is 2.27. The number of hydrogen-bond acceptors (Lipinski definition) is 3. The molecule has 1 atom stereocenters. The van der Waals surface area contributed by atoms with Gasteiger partial charge in [-0.3, -0.25) is 4.79 Å². The lowest BCUT2D eigenvalue weighted by Crippen LogP contribution is -3.19. The van der Waals surface area contributed by atoms with Gasteiger partial charge in [0.05, 0.1) is 39.0 Å². The van der Waals surface area contributed by atoms with Gasteiger partial charge >= 0.3 is 0 Å². The van der Waals surface area contributed by atoms with Crippen molar-refractivity contribution in [3.05, 3.63) is 54.6 Å². The second kappa shape index (κ2) is 8.23. The molecule has 0 saturated carbocycles. The van der Waals surface area contributed by atoms with Crippen molar-refractivity contribution in [2.24, 2.45) is 0 Å². The van der Waals surface area contributed by atoms with Crippen LogP contribution in [0, 0.1) is 0 Å². The molecule has 138 valence electrons. The molecule has 1 aliphatic heterocycles. The average Bonchev–Trinajstić information content (AvgIpc) is 2.73. The van der Waals surface area contributed by atoms with Crippen LogP contribution in [0.4, 0.5) is 11.4 Å². The van der Waals surface area contributed by atoms with Gasteiger partial charge in [0.2, 0.25) is 0 Å². The number of rotatable bonds is 5. The maximum atomic E-state index is 12.9. The molecule has 0 aromatic heterocycles. The molecule has 5 nitrogen and oxygen atoms in total. The Morgan fingerprint density at radius 2 is 1.69 bits per heavy atom. The van der Waals surface area contributed by atoms with Gasteiger partial charge in [-0.15, -0.1) is 0 Å². The van der Waals surface area contributed by atoms with Crippen LogP contribution >= 0.6 is 0 Å². The topological polar surface area (TPSA) is 37.2 Å². The van der Waals surface area contributed by atoms with Gasteiger partial charge in [0.1, 0.15) is 5.75 Å². The van der Waals surface area contributed by atoms with E-state index < -0.39 is 0 Å². The van der Waals surface area contributed by atoms with E-state index in [1.165, 1.54) is 4.90 Å². The SMILES string of the molecule is COc1ccccc1N1CC[NH+]([C@@H](C)C(=O)N(C)c2ccccc2)CC1. The number of ether oxygens (including phenoxy) is 1. The Kier molecular flexibility index (Phi) is 5.78. The van der Waals surface area contributed by atoms with E-state index in [0.29, 0.717) is 0 Å². The molecule has 1 amide bonds. The third-order valence-electron chi connectivity index (χ3n) is 5.29. The summed E-state index contributed by atoms with van der Waals surface area (Å²) in [7, 11) is 3.57. The van der Waals surface area contributed by atoms with E-state index in [1.807, 2.05) is 62.5 Å². The van der Waals surface area contributed by atoms with E-state index in [9.17, 15) is 4.79 Å². The Morgan fingerprint density at radius 3 is 2.35 bits per heavy atom. The second-order valence-corrected chi connectivity index (χ2v) is 6.77. The number of piperazine rings is 1. The summed E-state index contributed by atoms with van der Waals surface area (Å²) in [6.45, 7) is 5.75. The molecule has 0 bridgehead atoms. The van der Waals surface area contributed by atoms with Crippen LogP contribution in [-0.4, -0.2) is 52.3 Å². The second-order valence-electron chi connectivity index (χ2n) is 6.77. The Morgan fingerprint density at radius 1 is 1.08 bits per heavy atom. The first-order valence-electron chi connectivity index (χ1n) is 9.17. The van der Waals surface area contributed by atoms with Gasteiger partial charge in [-0.2, -0.15) is 0 Å². The van der Waals surface area contributed by atoms with Gasteiger partial charge in [0, 0.05) is 12.7 Å². The number of nitrogens with one attached hydrogen (secondary N) is 1. The lowest BCUT2D eigenvalue weighted by Gasteiger charge is -2.37. The van der Waals surface area contributed by atoms with Crippen molar-refractivity contribution < 1.29 is 14.4 Å². The van der Waals surface area contributed by atoms with E-state index in [0.717, 1.165) is 43.3 Å². The first-order valence-corrected chi connectivity index (χ1v) is 9.17. The van der Waals surface area contributed by atoms with Crippen LogP contribution in [0.1, 0.15) is 6.92 Å². The first kappa shape index (κ1) is 18.3. The molecule has 0 unspecified atom stereocenters. The molecule has 2 aromatic rings. The van der Waals surface area contributed by atoms with E-state index in [-0.39, 0.29) is 11.9 Å². The van der Waals surface area contributed by atoms with Gasteiger partial charge in [-0.25, -0.2) is 0 Å². The fraction of sp³-hybridized carbons (Fsp3) is 0.381. The minimum atomic E-state index is -0.0555. The Bertz CT molecular complexity index is 727. The molecule has 2 aromatic carbocycles. The molecule has 1 saturated heterocycles. The zero-order valence-electron chi connectivity index (χ0n) is 15.8. The van der Waals surface area contributed by atoms with Gasteiger partial charge in [0.15, 0.2) is 6.04 Å². The zero-order chi connectivity index (χ0) is 18.5. The summed E-state index contributed by atoms with van der Waals surface area (Å²) < 4.78 is 5.48. The maximum absolute atomic E-state index is 12.9. The number of nitrogens with zero attached hydrogens (tertiary/aromatic N) is 2. The fourth-order valence-corrected chi connectivity index (χ4v) is 3.60. The summed E-state index contributed by atoms with van der Waals surface area (Å²) in [6.07, 6.45) is 0. The van der Waals surface area contributed by atoms with E-state index in [1.54, 1.807) is 12.0 Å². The predicted octanol–water partition coefficient (Wildman–Crippen LogP) is 1.45. The number of carbonyl (C=O) groups excluding carboxylic acids is 1. The molecule has 5 heteroatoms. The van der Waals surface area contributed by atoms with Crippen molar-refractivity contribution in [1.82, 2.24) is 0 Å². The molecule has 0 radical (unpaired) electrons. The third kappa shape index (κ3) is 3.83. The normalized spacial score (nSPS) is 16.2. The van der Waals surface area contributed by atoms with Crippen molar-refractivity contribution in [1.29, 1.82) is 0 Å². The van der Waals surface area contributed by atoms with Crippen molar-refractivity contribution in [2.75, 3.05) is 50.1 Å². The van der Waals surface area contributed by atoms with E-state index in [2.05, 4.69) is 11.0 Å². The van der Waals surface area contributed by atoms with Crippen molar-refractivity contribution in [2.45, 2.75) is 13.0 Å². The number of methoxy groups -OCH3 is 1. The molecular formula is C21H28N3O2+. The summed E-state index contributed by atoms with van der Waals surface area (Å²) in [4.78, 5) is 18.3. The van der Waals surface area contributed by atoms with Gasteiger partial charge in [-0.05, 0) is 31.2 Å². The summed E-state index contributed by atoms with van der Waals surface area (Å²) in [5.41, 5.74) is 2.07. The smallest absolute Gasteiger partial charge is 0.284 e. The predicted molar refractivity (Wildman–Crippen MR) is 105 cm³/mol. The standard InChI is InChI=1S/C21H27N3O2/c1-17(21(25)22(2)18-9-5-4-6-10-18)23-13-15-24(16-14-23)19-11-7-8-12-20(19)26-3/h4-12,17H,13-16H2,1-3H3/p+1/t17-/m0/s1. The zero-order valence-corrected chi connectivity index (χ0v) is 15.8. The van der Waals surface area contributed by atoms with Crippen LogP contribution in [0.5, 0.6) is 5.75 Å². The third-order valence-corrected chi connectivity index (χ3v) is 5.29. The van der Waals surface area contributed by atoms with E-state index in [4.69, 9.17) is 4.74 Å². The number of quaternary nitrogens is 1.